The van der Waals surface area contributed by atoms with Gasteiger partial charge in [0, 0.05) is 0 Å². The van der Waals surface area contributed by atoms with Gasteiger partial charge in [0.05, 0.1) is 0 Å². The molecule has 0 fully saturated rings. The van der Waals surface area contributed by atoms with Crippen LogP contribution in [0, 0.1) is 0 Å². The van der Waals surface area contributed by atoms with Crippen molar-refractivity contribution in [2.45, 2.75) is 0 Å². The molecule has 0 rings (SSSR count). The third-order valence-corrected chi connectivity index (χ3v) is 0. The second kappa shape index (κ2) is 27.8. The Morgan fingerprint density at radius 2 is 0.750 bits per heavy atom. The van der Waals surface area contributed by atoms with Crippen molar-refractivity contribution < 1.29 is 53.6 Å². The second-order valence-electron chi connectivity index (χ2n) is 0. The van der Waals surface area contributed by atoms with Gasteiger partial charge in [0.2, 0.25) is 0 Å². The molecule has 2 nitrogen and oxygen atoms in total. The van der Waals surface area contributed by atoms with E-state index in [1.54, 1.807) is 0 Å². The zero-order valence-electron chi connectivity index (χ0n) is 1.63. The molecule has 0 aromatic heterocycles. The van der Waals surface area contributed by atoms with Crippen LogP contribution in [0.1, 0.15) is 0 Å². The molecule has 0 bridgehead atoms. The summed E-state index contributed by atoms with van der Waals surface area (Å²) < 4.78 is 0. The number of hydrogen-bond donors (Lipinski definition) is 0. The monoisotopic (exact) mass is 180 g/mol. The van der Waals surface area contributed by atoms with E-state index in [-0.39, 0.29) is 53.6 Å². The normalized spacial score (nSPS) is 0. The minimum absolute atomic E-state index is 0. The molecule has 24 valence electrons. The third-order valence-electron chi connectivity index (χ3n) is 0. The standard InChI is InChI=1S/Ni.2O.Zr/q+2;2*-2;+4. The van der Waals surface area contributed by atoms with Gasteiger partial charge in [-0.05, 0) is 0 Å². The molecule has 0 aromatic rings. The van der Waals surface area contributed by atoms with Gasteiger partial charge in [-0.1, -0.05) is 0 Å². The van der Waals surface area contributed by atoms with Crippen molar-refractivity contribution in [1.82, 2.24) is 0 Å². The van der Waals surface area contributed by atoms with E-state index in [0.29, 0.717) is 0 Å². The molecule has 0 saturated carbocycles. The molecule has 0 amide bonds. The van der Waals surface area contributed by atoms with Crippen molar-refractivity contribution >= 4 is 0 Å². The van der Waals surface area contributed by atoms with E-state index in [2.05, 4.69) is 0 Å². The molecule has 0 aliphatic heterocycles. The molecular weight excluding hydrogens is 182 g/mol. The van der Waals surface area contributed by atoms with Gasteiger partial charge < -0.3 is 11.0 Å². The fourth-order valence-corrected chi connectivity index (χ4v) is 0. The van der Waals surface area contributed by atoms with Gasteiger partial charge in [-0.3, -0.25) is 0 Å². The van der Waals surface area contributed by atoms with Crippen molar-refractivity contribution in [2.24, 2.45) is 0 Å². The Labute approximate surface area is 53.6 Å². The van der Waals surface area contributed by atoms with Gasteiger partial charge in [0.15, 0.2) is 0 Å². The molecule has 0 unspecified atom stereocenters. The first-order chi connectivity index (χ1) is 0. The molecule has 4 heteroatoms. The largest absolute Gasteiger partial charge is 4.00 e. The van der Waals surface area contributed by atoms with E-state index >= 15 is 0 Å². The average Bonchev–Trinajstić information content (AvgIpc) is 0. The van der Waals surface area contributed by atoms with E-state index in [4.69, 9.17) is 0 Å². The van der Waals surface area contributed by atoms with Crippen LogP contribution >= 0.6 is 0 Å². The summed E-state index contributed by atoms with van der Waals surface area (Å²) in [6.45, 7) is 0. The Morgan fingerprint density at radius 1 is 0.750 bits per heavy atom. The minimum Gasteiger partial charge on any atom is -2.00 e. The van der Waals surface area contributed by atoms with Crippen molar-refractivity contribution in [3.8, 4) is 0 Å². The molecule has 0 saturated heterocycles. The Hall–Kier alpha value is 1.30. The third kappa shape index (κ3) is 10.3. The maximum Gasteiger partial charge on any atom is 4.00 e. The van der Waals surface area contributed by atoms with Crippen LogP contribution in [0.25, 0.3) is 0 Å². The van der Waals surface area contributed by atoms with Crippen molar-refractivity contribution in [1.29, 1.82) is 0 Å². The average molecular weight is 182 g/mol. The summed E-state index contributed by atoms with van der Waals surface area (Å²) >= 11 is 0. The summed E-state index contributed by atoms with van der Waals surface area (Å²) in [4.78, 5) is 0. The molecule has 0 N–H and O–H groups in total. The van der Waals surface area contributed by atoms with Crippen LogP contribution in [0.15, 0.2) is 0 Å². The van der Waals surface area contributed by atoms with Gasteiger partial charge in [0.1, 0.15) is 0 Å². The fourth-order valence-electron chi connectivity index (χ4n) is 0. The molecule has 0 aromatic carbocycles. The summed E-state index contributed by atoms with van der Waals surface area (Å²) in [7, 11) is 0. The molecule has 0 radical (unpaired) electrons. The Balaban J connectivity index is 0. The molecule has 0 heterocycles. The van der Waals surface area contributed by atoms with Gasteiger partial charge in [-0.15, -0.1) is 0 Å². The predicted molar refractivity (Wildman–Crippen MR) is 1.37 cm³/mol. The van der Waals surface area contributed by atoms with Crippen molar-refractivity contribution in [2.75, 3.05) is 0 Å². The summed E-state index contributed by atoms with van der Waals surface area (Å²) in [5.41, 5.74) is 0. The smallest absolute Gasteiger partial charge is 2.00 e. The van der Waals surface area contributed by atoms with Crippen LogP contribution in [0.3, 0.4) is 0 Å². The summed E-state index contributed by atoms with van der Waals surface area (Å²) in [5.74, 6) is 0. The Bertz CT molecular complexity index is 6.00. The van der Waals surface area contributed by atoms with Gasteiger partial charge in [-0.2, -0.15) is 0 Å². The Kier molecular flexibility index (Phi) is 404. The zero-order valence-corrected chi connectivity index (χ0v) is 5.08. The quantitative estimate of drug-likeness (QED) is 0.464. The fraction of sp³-hybridized carbons (Fsp3) is 0. The maximum atomic E-state index is 0. The topological polar surface area (TPSA) is 57.0 Å². The van der Waals surface area contributed by atoms with Crippen LogP contribution in [0.5, 0.6) is 0 Å². The van der Waals surface area contributed by atoms with E-state index in [0.717, 1.165) is 0 Å². The van der Waals surface area contributed by atoms with E-state index < -0.39 is 0 Å². The van der Waals surface area contributed by atoms with Crippen LogP contribution in [-0.4, -0.2) is 0 Å². The Morgan fingerprint density at radius 3 is 0.750 bits per heavy atom. The van der Waals surface area contributed by atoms with Crippen molar-refractivity contribution in [3.05, 3.63) is 0 Å². The van der Waals surface area contributed by atoms with E-state index in [1.165, 1.54) is 0 Å². The molecule has 0 aliphatic carbocycles. The van der Waals surface area contributed by atoms with Crippen LogP contribution < -0.4 is 0 Å². The summed E-state index contributed by atoms with van der Waals surface area (Å²) in [5, 5.41) is 0. The first kappa shape index (κ1) is 58.2. The number of rotatable bonds is 0. The van der Waals surface area contributed by atoms with Crippen LogP contribution in [0.4, 0.5) is 0 Å². The van der Waals surface area contributed by atoms with E-state index in [1.807, 2.05) is 0 Å². The molecule has 4 heavy (non-hydrogen) atoms. The van der Waals surface area contributed by atoms with Crippen LogP contribution in [-0.2, 0) is 53.6 Å². The van der Waals surface area contributed by atoms with Crippen LogP contribution in [0.2, 0.25) is 0 Å². The second-order valence-corrected chi connectivity index (χ2v) is 0. The van der Waals surface area contributed by atoms with Gasteiger partial charge >= 0.3 is 42.7 Å². The summed E-state index contributed by atoms with van der Waals surface area (Å²) in [6, 6.07) is 0. The molecule has 0 atom stereocenters. The summed E-state index contributed by atoms with van der Waals surface area (Å²) in [6.07, 6.45) is 0. The molecule has 0 aliphatic rings. The SMILES string of the molecule is [Ni+2].[O-2].[O-2].[Zr+4]. The first-order valence-electron chi connectivity index (χ1n) is 0. The first-order valence-corrected chi connectivity index (χ1v) is 0. The maximum absolute atomic E-state index is 0. The predicted octanol–water partition coefficient (Wildman–Crippen LogP) is -0.243. The molecular formula is NiO2Zr+2. The van der Waals surface area contributed by atoms with Crippen molar-refractivity contribution in [3.63, 3.8) is 0 Å². The van der Waals surface area contributed by atoms with Gasteiger partial charge in [-0.25, -0.2) is 0 Å². The number of hydrogen-bond acceptors (Lipinski definition) is 0. The zero-order chi connectivity index (χ0) is 0. The van der Waals surface area contributed by atoms with E-state index in [9.17, 15) is 0 Å². The van der Waals surface area contributed by atoms with Gasteiger partial charge in [0.25, 0.3) is 0 Å². The molecule has 0 spiro atoms. The minimum atomic E-state index is 0.